The molecule has 0 bridgehead atoms. The molecule has 1 nitrogen and oxygen atoms in total. The summed E-state index contributed by atoms with van der Waals surface area (Å²) < 4.78 is 1.11. The molecule has 0 aliphatic carbocycles. The van der Waals surface area contributed by atoms with Gasteiger partial charge in [-0.2, -0.15) is 0 Å². The Bertz CT molecular complexity index is 608. The van der Waals surface area contributed by atoms with Crippen molar-refractivity contribution in [2.45, 2.75) is 52.6 Å². The fraction of sp³-hybridized carbons (Fsp3) is 0.385. The quantitative estimate of drug-likeness (QED) is 0.284. The van der Waals surface area contributed by atoms with E-state index >= 15 is 0 Å². The highest BCUT2D eigenvalue weighted by Crippen LogP contribution is 2.22. The molecule has 0 saturated heterocycles. The molecule has 0 aromatic heterocycles. The van der Waals surface area contributed by atoms with Gasteiger partial charge in [-0.25, -0.2) is 0 Å². The number of allylic oxidation sites excluding steroid dienone is 2. The normalized spacial score (nSPS) is 12.2. The summed E-state index contributed by atoms with van der Waals surface area (Å²) in [6.07, 6.45) is 13.9. The first-order valence-corrected chi connectivity index (χ1v) is 10.5. The van der Waals surface area contributed by atoms with Crippen LogP contribution in [0.15, 0.2) is 85.0 Å². The van der Waals surface area contributed by atoms with Crippen LogP contribution in [0.4, 0.5) is 0 Å². The van der Waals surface area contributed by atoms with Crippen LogP contribution < -0.4 is 0 Å². The van der Waals surface area contributed by atoms with Gasteiger partial charge in [-0.3, -0.25) is 0 Å². The SMILES string of the molecule is CC/C=C/CC[N+](CC/C=C/CC)(Cc1ccccc1)Cc1ccccc1. The summed E-state index contributed by atoms with van der Waals surface area (Å²) in [6, 6.07) is 22.0. The van der Waals surface area contributed by atoms with Crippen LogP contribution in [0, 0.1) is 0 Å². The Morgan fingerprint density at radius 3 is 1.37 bits per heavy atom. The van der Waals surface area contributed by atoms with Gasteiger partial charge in [0.25, 0.3) is 0 Å². The predicted molar refractivity (Wildman–Crippen MR) is 118 cm³/mol. The van der Waals surface area contributed by atoms with Crippen molar-refractivity contribution in [2.75, 3.05) is 13.1 Å². The Morgan fingerprint density at radius 1 is 0.593 bits per heavy atom. The minimum Gasteiger partial charge on any atom is -0.316 e. The summed E-state index contributed by atoms with van der Waals surface area (Å²) >= 11 is 0. The van der Waals surface area contributed by atoms with Crippen LogP contribution in [-0.4, -0.2) is 17.6 Å². The molecule has 0 saturated carbocycles. The molecule has 0 unspecified atom stereocenters. The number of hydrogen-bond donors (Lipinski definition) is 0. The van der Waals surface area contributed by atoms with Crippen molar-refractivity contribution in [1.29, 1.82) is 0 Å². The van der Waals surface area contributed by atoms with Gasteiger partial charge < -0.3 is 4.48 Å². The maximum absolute atomic E-state index is 2.37. The Hall–Kier alpha value is -2.12. The van der Waals surface area contributed by atoms with Crippen molar-refractivity contribution in [1.82, 2.24) is 0 Å². The fourth-order valence-corrected chi connectivity index (χ4v) is 3.69. The van der Waals surface area contributed by atoms with Crippen LogP contribution in [0.1, 0.15) is 50.7 Å². The Balaban J connectivity index is 2.25. The van der Waals surface area contributed by atoms with E-state index in [2.05, 4.69) is 98.8 Å². The van der Waals surface area contributed by atoms with Gasteiger partial charge in [0.1, 0.15) is 13.1 Å². The molecule has 0 heterocycles. The molecule has 0 aliphatic rings. The molecule has 27 heavy (non-hydrogen) atoms. The smallest absolute Gasteiger partial charge is 0.105 e. The molecular formula is C26H36N+. The number of quaternary nitrogens is 1. The minimum atomic E-state index is 1.09. The third-order valence-corrected chi connectivity index (χ3v) is 5.07. The molecule has 0 spiro atoms. The maximum atomic E-state index is 2.37. The van der Waals surface area contributed by atoms with E-state index in [9.17, 15) is 0 Å². The first-order chi connectivity index (χ1) is 13.3. The molecule has 0 fully saturated rings. The van der Waals surface area contributed by atoms with Gasteiger partial charge in [0.05, 0.1) is 13.1 Å². The highest BCUT2D eigenvalue weighted by molar-refractivity contribution is 5.15. The first-order valence-electron chi connectivity index (χ1n) is 10.5. The largest absolute Gasteiger partial charge is 0.316 e. The lowest BCUT2D eigenvalue weighted by molar-refractivity contribution is -0.953. The highest BCUT2D eigenvalue weighted by Gasteiger charge is 2.27. The van der Waals surface area contributed by atoms with E-state index in [1.807, 2.05) is 0 Å². The van der Waals surface area contributed by atoms with Gasteiger partial charge in [-0.05, 0) is 12.8 Å². The molecule has 0 N–H and O–H groups in total. The number of hydrogen-bond acceptors (Lipinski definition) is 0. The Labute approximate surface area is 166 Å². The second kappa shape index (κ2) is 12.3. The van der Waals surface area contributed by atoms with Crippen molar-refractivity contribution >= 4 is 0 Å². The monoisotopic (exact) mass is 362 g/mol. The molecular weight excluding hydrogens is 326 g/mol. The zero-order valence-corrected chi connectivity index (χ0v) is 17.2. The number of rotatable bonds is 12. The van der Waals surface area contributed by atoms with Gasteiger partial charge in [-0.15, -0.1) is 0 Å². The van der Waals surface area contributed by atoms with Crippen LogP contribution in [0.2, 0.25) is 0 Å². The van der Waals surface area contributed by atoms with Crippen molar-refractivity contribution in [3.8, 4) is 0 Å². The lowest BCUT2D eigenvalue weighted by Gasteiger charge is -2.39. The van der Waals surface area contributed by atoms with E-state index < -0.39 is 0 Å². The predicted octanol–water partition coefficient (Wildman–Crippen LogP) is 6.92. The maximum Gasteiger partial charge on any atom is 0.105 e. The van der Waals surface area contributed by atoms with Crippen LogP contribution in [-0.2, 0) is 13.1 Å². The van der Waals surface area contributed by atoms with Crippen LogP contribution >= 0.6 is 0 Å². The third kappa shape index (κ3) is 7.97. The second-order valence-electron chi connectivity index (χ2n) is 7.41. The van der Waals surface area contributed by atoms with Crippen molar-refractivity contribution in [3.05, 3.63) is 96.1 Å². The summed E-state index contributed by atoms with van der Waals surface area (Å²) in [6.45, 7) is 8.97. The molecule has 1 heteroatoms. The van der Waals surface area contributed by atoms with Gasteiger partial charge >= 0.3 is 0 Å². The zero-order valence-electron chi connectivity index (χ0n) is 17.2. The zero-order chi connectivity index (χ0) is 19.2. The molecule has 2 aromatic carbocycles. The average Bonchev–Trinajstić information content (AvgIpc) is 2.70. The Kier molecular flexibility index (Phi) is 9.65. The first kappa shape index (κ1) is 21.2. The van der Waals surface area contributed by atoms with Gasteiger partial charge in [-0.1, -0.05) is 98.8 Å². The van der Waals surface area contributed by atoms with E-state index in [0.29, 0.717) is 0 Å². The lowest BCUT2D eigenvalue weighted by Crippen LogP contribution is -2.47. The van der Waals surface area contributed by atoms with E-state index in [1.165, 1.54) is 24.2 Å². The second-order valence-corrected chi connectivity index (χ2v) is 7.41. The fourth-order valence-electron chi connectivity index (χ4n) is 3.69. The summed E-state index contributed by atoms with van der Waals surface area (Å²) in [5.74, 6) is 0. The summed E-state index contributed by atoms with van der Waals surface area (Å²) in [4.78, 5) is 0. The molecule has 0 atom stereocenters. The van der Waals surface area contributed by atoms with E-state index in [0.717, 1.165) is 43.3 Å². The molecule has 2 aromatic rings. The van der Waals surface area contributed by atoms with Crippen LogP contribution in [0.25, 0.3) is 0 Å². The lowest BCUT2D eigenvalue weighted by atomic mass is 10.1. The Morgan fingerprint density at radius 2 is 1.00 bits per heavy atom. The van der Waals surface area contributed by atoms with Gasteiger partial charge in [0, 0.05) is 24.0 Å². The summed E-state index contributed by atoms with van der Waals surface area (Å²) in [5.41, 5.74) is 2.87. The van der Waals surface area contributed by atoms with E-state index in [4.69, 9.17) is 0 Å². The summed E-state index contributed by atoms with van der Waals surface area (Å²) in [7, 11) is 0. The van der Waals surface area contributed by atoms with Crippen molar-refractivity contribution in [3.63, 3.8) is 0 Å². The van der Waals surface area contributed by atoms with Crippen LogP contribution in [0.3, 0.4) is 0 Å². The van der Waals surface area contributed by atoms with Crippen molar-refractivity contribution in [2.24, 2.45) is 0 Å². The van der Waals surface area contributed by atoms with Gasteiger partial charge in [0.2, 0.25) is 0 Å². The van der Waals surface area contributed by atoms with E-state index in [-0.39, 0.29) is 0 Å². The molecule has 0 aliphatic heterocycles. The molecule has 0 radical (unpaired) electrons. The topological polar surface area (TPSA) is 0 Å². The van der Waals surface area contributed by atoms with Gasteiger partial charge in [0.15, 0.2) is 0 Å². The minimum absolute atomic E-state index is 1.09. The molecule has 2 rings (SSSR count). The number of benzene rings is 2. The molecule has 0 amide bonds. The average molecular weight is 363 g/mol. The van der Waals surface area contributed by atoms with Crippen LogP contribution in [0.5, 0.6) is 0 Å². The summed E-state index contributed by atoms with van der Waals surface area (Å²) in [5, 5.41) is 0. The van der Waals surface area contributed by atoms with E-state index in [1.54, 1.807) is 0 Å². The highest BCUT2D eigenvalue weighted by atomic mass is 15.3. The van der Waals surface area contributed by atoms with Crippen molar-refractivity contribution < 1.29 is 4.48 Å². The third-order valence-electron chi connectivity index (χ3n) is 5.07. The number of nitrogens with zero attached hydrogens (tertiary/aromatic N) is 1. The molecule has 144 valence electrons. The standard InChI is InChI=1S/C26H36N/c1-3-5-7-15-21-27(22-16-8-6-4-2,23-25-17-11-9-12-18-25)24-26-19-13-10-14-20-26/h5-14,17-20H,3-4,15-16,21-24H2,1-2H3/q+1/b7-5+,8-6+.